The van der Waals surface area contributed by atoms with Gasteiger partial charge in [-0.3, -0.25) is 0 Å². The molecule has 1 aliphatic heterocycles. The van der Waals surface area contributed by atoms with Crippen molar-refractivity contribution in [2.24, 2.45) is 0 Å². The Morgan fingerprint density at radius 3 is 2.21 bits per heavy atom. The highest BCUT2D eigenvalue weighted by atomic mass is 16.5. The van der Waals surface area contributed by atoms with Crippen molar-refractivity contribution in [1.82, 2.24) is 9.80 Å². The second-order valence-corrected chi connectivity index (χ2v) is 5.79. The standard InChI is InChI=1S/C19H23N3O2/c1-2-21-12-14-22(15-13-21)19(23)20-16-8-10-18(11-9-16)24-17-6-4-3-5-7-17/h3-11H,2,12-15H2,1H3,(H,20,23). The number of nitrogens with zero attached hydrogens (tertiary/aromatic N) is 2. The first-order chi connectivity index (χ1) is 11.7. The van der Waals surface area contributed by atoms with Crippen molar-refractivity contribution in [3.63, 3.8) is 0 Å². The van der Waals surface area contributed by atoms with Gasteiger partial charge in [0.1, 0.15) is 11.5 Å². The van der Waals surface area contributed by atoms with E-state index in [1.807, 2.05) is 59.5 Å². The molecule has 0 bridgehead atoms. The molecule has 0 spiro atoms. The van der Waals surface area contributed by atoms with Crippen LogP contribution in [0.25, 0.3) is 0 Å². The summed E-state index contributed by atoms with van der Waals surface area (Å²) < 4.78 is 5.75. The van der Waals surface area contributed by atoms with Gasteiger partial charge in [-0.05, 0) is 42.9 Å². The van der Waals surface area contributed by atoms with Crippen molar-refractivity contribution in [1.29, 1.82) is 0 Å². The van der Waals surface area contributed by atoms with E-state index in [0.29, 0.717) is 0 Å². The summed E-state index contributed by atoms with van der Waals surface area (Å²) in [6.45, 7) is 6.61. The maximum atomic E-state index is 12.3. The summed E-state index contributed by atoms with van der Waals surface area (Å²) in [7, 11) is 0. The number of urea groups is 1. The van der Waals surface area contributed by atoms with Crippen LogP contribution in [0.1, 0.15) is 6.92 Å². The fourth-order valence-electron chi connectivity index (χ4n) is 2.70. The van der Waals surface area contributed by atoms with Crippen LogP contribution in [0.3, 0.4) is 0 Å². The molecule has 5 heteroatoms. The lowest BCUT2D eigenvalue weighted by Gasteiger charge is -2.33. The number of ether oxygens (including phenoxy) is 1. The summed E-state index contributed by atoms with van der Waals surface area (Å²) in [5.41, 5.74) is 0.776. The normalized spacial score (nSPS) is 15.1. The Hall–Kier alpha value is -2.53. The van der Waals surface area contributed by atoms with Gasteiger partial charge >= 0.3 is 6.03 Å². The van der Waals surface area contributed by atoms with Gasteiger partial charge in [0, 0.05) is 31.9 Å². The zero-order valence-corrected chi connectivity index (χ0v) is 13.9. The lowest BCUT2D eigenvalue weighted by atomic mass is 10.3. The van der Waals surface area contributed by atoms with E-state index < -0.39 is 0 Å². The second kappa shape index (κ2) is 7.84. The van der Waals surface area contributed by atoms with Gasteiger partial charge in [-0.25, -0.2) is 4.79 Å². The van der Waals surface area contributed by atoms with Crippen LogP contribution in [0.15, 0.2) is 54.6 Å². The van der Waals surface area contributed by atoms with Crippen LogP contribution in [0, 0.1) is 0 Å². The smallest absolute Gasteiger partial charge is 0.321 e. The average Bonchev–Trinajstić information content (AvgIpc) is 2.64. The van der Waals surface area contributed by atoms with E-state index in [1.165, 1.54) is 0 Å². The first-order valence-electron chi connectivity index (χ1n) is 8.36. The van der Waals surface area contributed by atoms with Crippen LogP contribution < -0.4 is 10.1 Å². The van der Waals surface area contributed by atoms with Gasteiger partial charge in [-0.1, -0.05) is 25.1 Å². The molecule has 5 nitrogen and oxygen atoms in total. The Balaban J connectivity index is 1.53. The molecular formula is C19H23N3O2. The summed E-state index contributed by atoms with van der Waals surface area (Å²) in [6.07, 6.45) is 0. The van der Waals surface area contributed by atoms with Crippen molar-refractivity contribution in [2.75, 3.05) is 38.0 Å². The summed E-state index contributed by atoms with van der Waals surface area (Å²) in [5.74, 6) is 1.54. The Bertz CT molecular complexity index is 650. The summed E-state index contributed by atoms with van der Waals surface area (Å²) in [6, 6.07) is 17.0. The second-order valence-electron chi connectivity index (χ2n) is 5.79. The van der Waals surface area contributed by atoms with E-state index >= 15 is 0 Å². The van der Waals surface area contributed by atoms with Crippen molar-refractivity contribution >= 4 is 11.7 Å². The molecule has 3 rings (SSSR count). The van der Waals surface area contributed by atoms with Crippen LogP contribution in [0.2, 0.25) is 0 Å². The van der Waals surface area contributed by atoms with E-state index in [1.54, 1.807) is 0 Å². The molecule has 2 aromatic carbocycles. The molecule has 1 aliphatic rings. The van der Waals surface area contributed by atoms with Crippen LogP contribution in [-0.4, -0.2) is 48.6 Å². The van der Waals surface area contributed by atoms with Gasteiger partial charge in [0.05, 0.1) is 0 Å². The number of anilines is 1. The number of carbonyl (C=O) groups is 1. The highest BCUT2D eigenvalue weighted by Crippen LogP contribution is 2.22. The van der Waals surface area contributed by atoms with Gasteiger partial charge in [0.2, 0.25) is 0 Å². The fourth-order valence-corrected chi connectivity index (χ4v) is 2.70. The largest absolute Gasteiger partial charge is 0.457 e. The number of rotatable bonds is 4. The van der Waals surface area contributed by atoms with Crippen LogP contribution >= 0.6 is 0 Å². The third-order valence-electron chi connectivity index (χ3n) is 4.19. The Morgan fingerprint density at radius 2 is 1.58 bits per heavy atom. The van der Waals surface area contributed by atoms with Crippen molar-refractivity contribution in [2.45, 2.75) is 6.92 Å². The summed E-state index contributed by atoms with van der Waals surface area (Å²) >= 11 is 0. The van der Waals surface area contributed by atoms with E-state index in [-0.39, 0.29) is 6.03 Å². The molecule has 24 heavy (non-hydrogen) atoms. The lowest BCUT2D eigenvalue weighted by molar-refractivity contribution is 0.151. The topological polar surface area (TPSA) is 44.8 Å². The van der Waals surface area contributed by atoms with Gasteiger partial charge in [-0.15, -0.1) is 0 Å². The van der Waals surface area contributed by atoms with Crippen molar-refractivity contribution < 1.29 is 9.53 Å². The monoisotopic (exact) mass is 325 g/mol. The number of hydrogen-bond donors (Lipinski definition) is 1. The molecule has 0 atom stereocenters. The van der Waals surface area contributed by atoms with E-state index in [9.17, 15) is 4.79 Å². The van der Waals surface area contributed by atoms with Crippen LogP contribution in [0.4, 0.5) is 10.5 Å². The molecule has 0 aliphatic carbocycles. The number of piperazine rings is 1. The number of likely N-dealkylation sites (N-methyl/N-ethyl adjacent to an activating group) is 1. The Labute approximate surface area is 142 Å². The Kier molecular flexibility index (Phi) is 5.33. The van der Waals surface area contributed by atoms with Gasteiger partial charge in [-0.2, -0.15) is 0 Å². The number of para-hydroxylation sites is 1. The molecule has 0 saturated carbocycles. The van der Waals surface area contributed by atoms with Gasteiger partial charge in [0.25, 0.3) is 0 Å². The molecule has 1 N–H and O–H groups in total. The number of carbonyl (C=O) groups excluding carboxylic acids is 1. The van der Waals surface area contributed by atoms with Crippen LogP contribution in [-0.2, 0) is 0 Å². The fraction of sp³-hybridized carbons (Fsp3) is 0.316. The van der Waals surface area contributed by atoms with Crippen molar-refractivity contribution in [3.8, 4) is 11.5 Å². The maximum absolute atomic E-state index is 12.3. The molecule has 0 unspecified atom stereocenters. The summed E-state index contributed by atoms with van der Waals surface area (Å²) in [5, 5.41) is 2.95. The Morgan fingerprint density at radius 1 is 0.958 bits per heavy atom. The van der Waals surface area contributed by atoms with Crippen molar-refractivity contribution in [3.05, 3.63) is 54.6 Å². The zero-order valence-electron chi connectivity index (χ0n) is 13.9. The first kappa shape index (κ1) is 16.3. The summed E-state index contributed by atoms with van der Waals surface area (Å²) in [4.78, 5) is 16.5. The zero-order chi connectivity index (χ0) is 16.8. The molecule has 0 radical (unpaired) electrons. The lowest BCUT2D eigenvalue weighted by Crippen LogP contribution is -2.49. The first-order valence-corrected chi connectivity index (χ1v) is 8.36. The molecule has 1 heterocycles. The molecular weight excluding hydrogens is 302 g/mol. The predicted molar refractivity (Wildman–Crippen MR) is 95.7 cm³/mol. The number of amides is 2. The third-order valence-corrected chi connectivity index (χ3v) is 4.19. The molecule has 1 fully saturated rings. The number of hydrogen-bond acceptors (Lipinski definition) is 3. The van der Waals surface area contributed by atoms with Gasteiger partial charge < -0.3 is 19.9 Å². The predicted octanol–water partition coefficient (Wildman–Crippen LogP) is 3.65. The molecule has 0 aromatic heterocycles. The number of nitrogens with one attached hydrogen (secondary N) is 1. The minimum absolute atomic E-state index is 0.0394. The third kappa shape index (κ3) is 4.26. The quantitative estimate of drug-likeness (QED) is 0.933. The average molecular weight is 325 g/mol. The van der Waals surface area contributed by atoms with Crippen LogP contribution in [0.5, 0.6) is 11.5 Å². The van der Waals surface area contributed by atoms with E-state index in [2.05, 4.69) is 17.1 Å². The highest BCUT2D eigenvalue weighted by molar-refractivity contribution is 5.89. The van der Waals surface area contributed by atoms with Gasteiger partial charge in [0.15, 0.2) is 0 Å². The molecule has 126 valence electrons. The van der Waals surface area contributed by atoms with E-state index in [4.69, 9.17) is 4.74 Å². The minimum atomic E-state index is -0.0394. The SMILES string of the molecule is CCN1CCN(C(=O)Nc2ccc(Oc3ccccc3)cc2)CC1. The maximum Gasteiger partial charge on any atom is 0.321 e. The number of benzene rings is 2. The van der Waals surface area contributed by atoms with E-state index in [0.717, 1.165) is 49.9 Å². The molecule has 2 aromatic rings. The highest BCUT2D eigenvalue weighted by Gasteiger charge is 2.19. The molecule has 2 amide bonds. The molecule has 1 saturated heterocycles. The minimum Gasteiger partial charge on any atom is -0.457 e.